The second kappa shape index (κ2) is 7.05. The third-order valence-electron chi connectivity index (χ3n) is 4.21. The molecule has 0 unspecified atom stereocenters. The molecule has 3 rings (SSSR count). The van der Waals surface area contributed by atoms with Crippen molar-refractivity contribution in [2.45, 2.75) is 39.8 Å². The number of nitrogens with one attached hydrogen (secondary N) is 1. The van der Waals surface area contributed by atoms with E-state index in [-0.39, 0.29) is 18.1 Å². The van der Waals surface area contributed by atoms with Gasteiger partial charge in [0, 0.05) is 12.6 Å². The minimum atomic E-state index is -0.298. The molecule has 0 fully saturated rings. The molecule has 25 heavy (non-hydrogen) atoms. The van der Waals surface area contributed by atoms with Gasteiger partial charge in [0.25, 0.3) is 0 Å². The van der Waals surface area contributed by atoms with Crippen LogP contribution in [0.15, 0.2) is 42.5 Å². The number of halogens is 1. The van der Waals surface area contributed by atoms with E-state index in [9.17, 15) is 9.18 Å². The maximum atomic E-state index is 12.9. The quantitative estimate of drug-likeness (QED) is 0.766. The van der Waals surface area contributed by atoms with Crippen LogP contribution < -0.4 is 5.32 Å². The standard InChI is InChI=1S/C20H22FN3O/c1-13(2)24-14(3)23-18-10-16(6-9-19(18)24)12-22-20(25)11-15-4-7-17(21)8-5-15/h4-10,13H,11-12H2,1-3H3,(H,22,25). The Labute approximate surface area is 146 Å². The van der Waals surface area contributed by atoms with Crippen molar-refractivity contribution in [2.24, 2.45) is 0 Å². The van der Waals surface area contributed by atoms with Crippen LogP contribution in [0.5, 0.6) is 0 Å². The lowest BCUT2D eigenvalue weighted by Gasteiger charge is -2.11. The summed E-state index contributed by atoms with van der Waals surface area (Å²) in [7, 11) is 0. The number of hydrogen-bond acceptors (Lipinski definition) is 2. The van der Waals surface area contributed by atoms with E-state index in [0.29, 0.717) is 12.6 Å². The summed E-state index contributed by atoms with van der Waals surface area (Å²) in [6, 6.07) is 12.4. The van der Waals surface area contributed by atoms with E-state index in [1.54, 1.807) is 12.1 Å². The zero-order valence-corrected chi connectivity index (χ0v) is 14.7. The number of nitrogens with zero attached hydrogens (tertiary/aromatic N) is 2. The van der Waals surface area contributed by atoms with Crippen LogP contribution in [0.4, 0.5) is 4.39 Å². The van der Waals surface area contributed by atoms with Crippen LogP contribution in [0.2, 0.25) is 0 Å². The molecule has 2 aromatic carbocycles. The lowest BCUT2D eigenvalue weighted by Crippen LogP contribution is -2.24. The molecule has 0 saturated heterocycles. The van der Waals surface area contributed by atoms with Gasteiger partial charge in [0.05, 0.1) is 17.5 Å². The van der Waals surface area contributed by atoms with Crippen molar-refractivity contribution in [1.29, 1.82) is 0 Å². The molecule has 0 aliphatic rings. The number of fused-ring (bicyclic) bond motifs is 1. The van der Waals surface area contributed by atoms with Gasteiger partial charge in [-0.05, 0) is 56.2 Å². The number of hydrogen-bond donors (Lipinski definition) is 1. The predicted octanol–water partition coefficient (Wildman–Crippen LogP) is 3.92. The number of carbonyl (C=O) groups is 1. The van der Waals surface area contributed by atoms with Crippen molar-refractivity contribution in [1.82, 2.24) is 14.9 Å². The largest absolute Gasteiger partial charge is 0.352 e. The number of carbonyl (C=O) groups excluding carboxylic acids is 1. The van der Waals surface area contributed by atoms with Gasteiger partial charge in [-0.3, -0.25) is 4.79 Å². The maximum absolute atomic E-state index is 12.9. The Balaban J connectivity index is 1.66. The van der Waals surface area contributed by atoms with Gasteiger partial charge in [-0.2, -0.15) is 0 Å². The summed E-state index contributed by atoms with van der Waals surface area (Å²) in [6.07, 6.45) is 0.240. The minimum absolute atomic E-state index is 0.0874. The molecule has 0 bridgehead atoms. The van der Waals surface area contributed by atoms with Crippen molar-refractivity contribution < 1.29 is 9.18 Å². The SMILES string of the molecule is Cc1nc2cc(CNC(=O)Cc3ccc(F)cc3)ccc2n1C(C)C. The molecule has 1 N–H and O–H groups in total. The summed E-state index contributed by atoms with van der Waals surface area (Å²) < 4.78 is 15.1. The zero-order valence-electron chi connectivity index (χ0n) is 14.7. The Bertz CT molecular complexity index is 897. The Morgan fingerprint density at radius 1 is 1.16 bits per heavy atom. The molecule has 0 radical (unpaired) electrons. The molecule has 1 aromatic heterocycles. The molecule has 0 atom stereocenters. The van der Waals surface area contributed by atoms with Gasteiger partial charge >= 0.3 is 0 Å². The van der Waals surface area contributed by atoms with Crippen molar-refractivity contribution >= 4 is 16.9 Å². The Hall–Kier alpha value is -2.69. The Morgan fingerprint density at radius 2 is 1.84 bits per heavy atom. The van der Waals surface area contributed by atoms with Gasteiger partial charge < -0.3 is 9.88 Å². The first kappa shape index (κ1) is 17.1. The van der Waals surface area contributed by atoms with E-state index in [4.69, 9.17) is 0 Å². The molecule has 0 aliphatic carbocycles. The van der Waals surface area contributed by atoms with E-state index >= 15 is 0 Å². The highest BCUT2D eigenvalue weighted by molar-refractivity contribution is 5.79. The Morgan fingerprint density at radius 3 is 2.52 bits per heavy atom. The molecule has 0 spiro atoms. The normalized spacial score (nSPS) is 11.2. The number of rotatable bonds is 5. The average Bonchev–Trinajstić information content (AvgIpc) is 2.90. The monoisotopic (exact) mass is 339 g/mol. The molecule has 5 heteroatoms. The molecule has 130 valence electrons. The van der Waals surface area contributed by atoms with E-state index in [0.717, 1.165) is 28.0 Å². The van der Waals surface area contributed by atoms with Crippen LogP contribution in [0.1, 0.15) is 36.8 Å². The molecule has 0 saturated carbocycles. The summed E-state index contributed by atoms with van der Waals surface area (Å²) in [5.41, 5.74) is 3.85. The third kappa shape index (κ3) is 3.87. The van der Waals surface area contributed by atoms with Crippen molar-refractivity contribution in [2.75, 3.05) is 0 Å². The highest BCUT2D eigenvalue weighted by Crippen LogP contribution is 2.21. The Kier molecular flexibility index (Phi) is 4.83. The molecule has 3 aromatic rings. The summed E-state index contributed by atoms with van der Waals surface area (Å²) >= 11 is 0. The summed E-state index contributed by atoms with van der Waals surface area (Å²) in [5, 5.41) is 2.90. The van der Waals surface area contributed by atoms with Crippen LogP contribution >= 0.6 is 0 Å². The summed E-state index contributed by atoms with van der Waals surface area (Å²) in [6.45, 7) is 6.73. The molecule has 1 heterocycles. The van der Waals surface area contributed by atoms with E-state index in [1.165, 1.54) is 12.1 Å². The number of aryl methyl sites for hydroxylation is 1. The number of aromatic nitrogens is 2. The number of benzene rings is 2. The first-order chi connectivity index (χ1) is 11.9. The van der Waals surface area contributed by atoms with Crippen LogP contribution in [-0.2, 0) is 17.8 Å². The lowest BCUT2D eigenvalue weighted by atomic mass is 10.1. The summed E-state index contributed by atoms with van der Waals surface area (Å²) in [5.74, 6) is 0.603. The van der Waals surface area contributed by atoms with Gasteiger partial charge in [0.15, 0.2) is 0 Å². The van der Waals surface area contributed by atoms with Crippen molar-refractivity contribution in [3.8, 4) is 0 Å². The van der Waals surface area contributed by atoms with Crippen LogP contribution in [0, 0.1) is 12.7 Å². The van der Waals surface area contributed by atoms with Gasteiger partial charge in [-0.15, -0.1) is 0 Å². The smallest absolute Gasteiger partial charge is 0.224 e. The van der Waals surface area contributed by atoms with E-state index in [1.807, 2.05) is 19.1 Å². The van der Waals surface area contributed by atoms with Gasteiger partial charge in [0.2, 0.25) is 5.91 Å². The molecule has 4 nitrogen and oxygen atoms in total. The molecular formula is C20H22FN3O. The molecular weight excluding hydrogens is 317 g/mol. The average molecular weight is 339 g/mol. The third-order valence-corrected chi connectivity index (χ3v) is 4.21. The van der Waals surface area contributed by atoms with Crippen molar-refractivity contribution in [3.63, 3.8) is 0 Å². The first-order valence-electron chi connectivity index (χ1n) is 8.42. The second-order valence-electron chi connectivity index (χ2n) is 6.53. The molecule has 1 amide bonds. The van der Waals surface area contributed by atoms with Crippen LogP contribution in [0.25, 0.3) is 11.0 Å². The lowest BCUT2D eigenvalue weighted by molar-refractivity contribution is -0.120. The van der Waals surface area contributed by atoms with Gasteiger partial charge in [-0.1, -0.05) is 18.2 Å². The zero-order chi connectivity index (χ0) is 18.0. The highest BCUT2D eigenvalue weighted by Gasteiger charge is 2.11. The van der Waals surface area contributed by atoms with Gasteiger partial charge in [-0.25, -0.2) is 9.37 Å². The maximum Gasteiger partial charge on any atom is 0.224 e. The fraction of sp³-hybridized carbons (Fsp3) is 0.300. The molecule has 0 aliphatic heterocycles. The fourth-order valence-corrected chi connectivity index (χ4v) is 3.08. The van der Waals surface area contributed by atoms with Gasteiger partial charge in [0.1, 0.15) is 11.6 Å². The second-order valence-corrected chi connectivity index (χ2v) is 6.53. The summed E-state index contributed by atoms with van der Waals surface area (Å²) in [4.78, 5) is 16.7. The topological polar surface area (TPSA) is 46.9 Å². The van der Waals surface area contributed by atoms with Crippen LogP contribution in [-0.4, -0.2) is 15.5 Å². The van der Waals surface area contributed by atoms with E-state index < -0.39 is 0 Å². The van der Waals surface area contributed by atoms with Crippen LogP contribution in [0.3, 0.4) is 0 Å². The fourth-order valence-electron chi connectivity index (χ4n) is 3.08. The highest BCUT2D eigenvalue weighted by atomic mass is 19.1. The minimum Gasteiger partial charge on any atom is -0.352 e. The number of amides is 1. The van der Waals surface area contributed by atoms with Crippen molar-refractivity contribution in [3.05, 3.63) is 65.2 Å². The predicted molar refractivity (Wildman–Crippen MR) is 96.8 cm³/mol. The first-order valence-corrected chi connectivity index (χ1v) is 8.42. The number of imidazole rings is 1. The van der Waals surface area contributed by atoms with E-state index in [2.05, 4.69) is 34.8 Å².